The average molecular weight is 287 g/mol. The number of methoxy groups -OCH3 is 2. The Morgan fingerprint density at radius 2 is 1.79 bits per heavy atom. The van der Waals surface area contributed by atoms with Crippen LogP contribution in [0.2, 0.25) is 5.02 Å². The summed E-state index contributed by atoms with van der Waals surface area (Å²) < 4.78 is 10.3. The molecule has 1 amide bonds. The minimum absolute atomic E-state index is 0.0407. The smallest absolute Gasteiger partial charge is 0.241 e. The fourth-order valence-electron chi connectivity index (χ4n) is 1.47. The normalized spacial score (nSPS) is 12.2. The number of amides is 1. The Kier molecular flexibility index (Phi) is 5.44. The van der Waals surface area contributed by atoms with E-state index in [0.29, 0.717) is 22.2 Å². The first-order chi connectivity index (χ1) is 8.90. The molecule has 0 aliphatic rings. The van der Waals surface area contributed by atoms with Gasteiger partial charge in [-0.3, -0.25) is 4.79 Å². The number of anilines is 1. The maximum Gasteiger partial charge on any atom is 0.241 e. The van der Waals surface area contributed by atoms with Gasteiger partial charge in [-0.05, 0) is 5.92 Å². The first-order valence-electron chi connectivity index (χ1n) is 5.88. The number of carbonyl (C=O) groups is 1. The molecule has 0 bridgehead atoms. The number of hydrogen-bond acceptors (Lipinski definition) is 4. The maximum absolute atomic E-state index is 11.9. The van der Waals surface area contributed by atoms with Crippen molar-refractivity contribution in [3.05, 3.63) is 17.2 Å². The van der Waals surface area contributed by atoms with Crippen molar-refractivity contribution in [2.75, 3.05) is 19.5 Å². The summed E-state index contributed by atoms with van der Waals surface area (Å²) >= 11 is 6.07. The van der Waals surface area contributed by atoms with Crippen LogP contribution in [0.1, 0.15) is 13.8 Å². The van der Waals surface area contributed by atoms with Gasteiger partial charge in [0.1, 0.15) is 0 Å². The summed E-state index contributed by atoms with van der Waals surface area (Å²) in [6.07, 6.45) is 0. The van der Waals surface area contributed by atoms with Crippen LogP contribution in [0, 0.1) is 5.92 Å². The van der Waals surface area contributed by atoms with Crippen LogP contribution in [0.25, 0.3) is 0 Å². The zero-order chi connectivity index (χ0) is 14.6. The van der Waals surface area contributed by atoms with Crippen LogP contribution in [-0.2, 0) is 4.79 Å². The summed E-state index contributed by atoms with van der Waals surface area (Å²) in [5, 5.41) is 3.05. The lowest BCUT2D eigenvalue weighted by atomic mass is 10.0. The van der Waals surface area contributed by atoms with Crippen molar-refractivity contribution in [2.24, 2.45) is 11.7 Å². The quantitative estimate of drug-likeness (QED) is 0.871. The SMILES string of the molecule is COc1cc(Cl)c(NC(=O)[C@H](N)C(C)C)cc1OC. The number of nitrogens with two attached hydrogens (primary N) is 1. The van der Waals surface area contributed by atoms with E-state index in [4.69, 9.17) is 26.8 Å². The molecule has 1 aromatic carbocycles. The van der Waals surface area contributed by atoms with Gasteiger partial charge in [0.15, 0.2) is 11.5 Å². The van der Waals surface area contributed by atoms with Crippen LogP contribution in [0.4, 0.5) is 5.69 Å². The van der Waals surface area contributed by atoms with Gasteiger partial charge in [-0.15, -0.1) is 0 Å². The molecule has 0 heterocycles. The van der Waals surface area contributed by atoms with Crippen LogP contribution >= 0.6 is 11.6 Å². The van der Waals surface area contributed by atoms with E-state index in [1.807, 2.05) is 13.8 Å². The summed E-state index contributed by atoms with van der Waals surface area (Å²) in [5.74, 6) is 0.738. The second-order valence-electron chi connectivity index (χ2n) is 4.45. The number of benzene rings is 1. The van der Waals surface area contributed by atoms with Crippen molar-refractivity contribution >= 4 is 23.2 Å². The lowest BCUT2D eigenvalue weighted by Crippen LogP contribution is -2.39. The molecule has 0 aliphatic carbocycles. The molecule has 0 spiro atoms. The monoisotopic (exact) mass is 286 g/mol. The second-order valence-corrected chi connectivity index (χ2v) is 4.85. The minimum Gasteiger partial charge on any atom is -0.493 e. The number of halogens is 1. The number of rotatable bonds is 5. The molecule has 0 saturated heterocycles. The van der Waals surface area contributed by atoms with E-state index in [1.54, 1.807) is 12.1 Å². The number of carbonyl (C=O) groups excluding carboxylic acids is 1. The van der Waals surface area contributed by atoms with Crippen LogP contribution in [0.5, 0.6) is 11.5 Å². The van der Waals surface area contributed by atoms with E-state index >= 15 is 0 Å². The van der Waals surface area contributed by atoms with Gasteiger partial charge in [0.2, 0.25) is 5.91 Å². The van der Waals surface area contributed by atoms with Crippen LogP contribution in [0.3, 0.4) is 0 Å². The second kappa shape index (κ2) is 6.63. The van der Waals surface area contributed by atoms with Gasteiger partial charge in [-0.2, -0.15) is 0 Å². The summed E-state index contributed by atoms with van der Waals surface area (Å²) in [4.78, 5) is 11.9. The highest BCUT2D eigenvalue weighted by atomic mass is 35.5. The number of ether oxygens (including phenoxy) is 2. The lowest BCUT2D eigenvalue weighted by molar-refractivity contribution is -0.118. The molecule has 0 unspecified atom stereocenters. The third-order valence-corrected chi connectivity index (χ3v) is 3.06. The van der Waals surface area contributed by atoms with Crippen LogP contribution in [-0.4, -0.2) is 26.2 Å². The van der Waals surface area contributed by atoms with Gasteiger partial charge in [0.05, 0.1) is 31.0 Å². The minimum atomic E-state index is -0.593. The number of hydrogen-bond donors (Lipinski definition) is 2. The molecule has 19 heavy (non-hydrogen) atoms. The first kappa shape index (κ1) is 15.6. The van der Waals surface area contributed by atoms with Crippen molar-refractivity contribution in [3.63, 3.8) is 0 Å². The molecule has 0 aromatic heterocycles. The fraction of sp³-hybridized carbons (Fsp3) is 0.462. The predicted molar refractivity (Wildman–Crippen MR) is 76.0 cm³/mol. The van der Waals surface area contributed by atoms with Crippen molar-refractivity contribution in [1.29, 1.82) is 0 Å². The van der Waals surface area contributed by atoms with E-state index in [0.717, 1.165) is 0 Å². The molecule has 6 heteroatoms. The first-order valence-corrected chi connectivity index (χ1v) is 6.26. The summed E-state index contributed by atoms with van der Waals surface area (Å²) in [7, 11) is 3.03. The Morgan fingerprint density at radius 1 is 1.26 bits per heavy atom. The van der Waals surface area contributed by atoms with Crippen molar-refractivity contribution < 1.29 is 14.3 Å². The van der Waals surface area contributed by atoms with Crippen molar-refractivity contribution in [2.45, 2.75) is 19.9 Å². The van der Waals surface area contributed by atoms with E-state index in [2.05, 4.69) is 5.32 Å². The number of nitrogens with one attached hydrogen (secondary N) is 1. The Morgan fingerprint density at radius 3 is 2.26 bits per heavy atom. The lowest BCUT2D eigenvalue weighted by Gasteiger charge is -2.17. The molecule has 0 saturated carbocycles. The zero-order valence-electron chi connectivity index (χ0n) is 11.5. The third kappa shape index (κ3) is 3.75. The van der Waals surface area contributed by atoms with Gasteiger partial charge in [-0.1, -0.05) is 25.4 Å². The Labute approximate surface area is 118 Å². The Bertz CT molecular complexity index is 463. The molecule has 0 radical (unpaired) electrons. The molecule has 5 nitrogen and oxygen atoms in total. The fourth-order valence-corrected chi connectivity index (χ4v) is 1.67. The van der Waals surface area contributed by atoms with Crippen LogP contribution < -0.4 is 20.5 Å². The van der Waals surface area contributed by atoms with Gasteiger partial charge in [-0.25, -0.2) is 0 Å². The van der Waals surface area contributed by atoms with Gasteiger partial charge >= 0.3 is 0 Å². The topological polar surface area (TPSA) is 73.6 Å². The Balaban J connectivity index is 2.99. The molecule has 1 aromatic rings. The van der Waals surface area contributed by atoms with E-state index in [9.17, 15) is 4.79 Å². The zero-order valence-corrected chi connectivity index (χ0v) is 12.2. The maximum atomic E-state index is 11.9. The van der Waals surface area contributed by atoms with E-state index in [1.165, 1.54) is 14.2 Å². The molecule has 1 atom stereocenters. The highest BCUT2D eigenvalue weighted by molar-refractivity contribution is 6.34. The third-order valence-electron chi connectivity index (χ3n) is 2.75. The van der Waals surface area contributed by atoms with Crippen molar-refractivity contribution in [3.8, 4) is 11.5 Å². The highest BCUT2D eigenvalue weighted by Gasteiger charge is 2.19. The molecule has 0 aliphatic heterocycles. The van der Waals surface area contributed by atoms with Crippen molar-refractivity contribution in [1.82, 2.24) is 0 Å². The molecule has 1 rings (SSSR count). The predicted octanol–water partition coefficient (Wildman–Crippen LogP) is 2.28. The molecule has 3 N–H and O–H groups in total. The standard InChI is InChI=1S/C13H19ClN2O3/c1-7(2)12(15)13(17)16-9-6-11(19-4)10(18-3)5-8(9)14/h5-7,12H,15H2,1-4H3,(H,16,17)/t12-/m1/s1. The average Bonchev–Trinajstić information content (AvgIpc) is 2.39. The van der Waals surface area contributed by atoms with Gasteiger partial charge in [0, 0.05) is 12.1 Å². The molecule has 0 fully saturated rings. The van der Waals surface area contributed by atoms with Gasteiger partial charge in [0.25, 0.3) is 0 Å². The van der Waals surface area contributed by atoms with Crippen LogP contribution in [0.15, 0.2) is 12.1 Å². The van der Waals surface area contributed by atoms with Gasteiger partial charge < -0.3 is 20.5 Å². The largest absolute Gasteiger partial charge is 0.493 e. The van der Waals surface area contributed by atoms with E-state index < -0.39 is 6.04 Å². The van der Waals surface area contributed by atoms with E-state index in [-0.39, 0.29) is 11.8 Å². The molecular weight excluding hydrogens is 268 g/mol. The summed E-state index contributed by atoms with van der Waals surface area (Å²) in [6, 6.07) is 2.59. The molecule has 106 valence electrons. The summed E-state index contributed by atoms with van der Waals surface area (Å²) in [5.41, 5.74) is 6.22. The Hall–Kier alpha value is -1.46. The summed E-state index contributed by atoms with van der Waals surface area (Å²) in [6.45, 7) is 3.75. The highest BCUT2D eigenvalue weighted by Crippen LogP contribution is 2.36. The molecular formula is C13H19ClN2O3.